The first-order chi connectivity index (χ1) is 5.73. The molecular formula is C11H20O2. The van der Waals surface area contributed by atoms with Crippen LogP contribution in [0, 0.1) is 11.3 Å². The van der Waals surface area contributed by atoms with Crippen molar-refractivity contribution in [2.24, 2.45) is 11.3 Å². The molecule has 0 saturated heterocycles. The van der Waals surface area contributed by atoms with Gasteiger partial charge in [-0.15, -0.1) is 0 Å². The maximum atomic E-state index is 11.5. The Kier molecular flexibility index (Phi) is 2.54. The SMILES string of the molecule is CC1(O)CCC(C(C)(C)C)CC1=O. The summed E-state index contributed by atoms with van der Waals surface area (Å²) in [6, 6.07) is 0. The largest absolute Gasteiger partial charge is 0.382 e. The van der Waals surface area contributed by atoms with Crippen LogP contribution in [0.1, 0.15) is 47.0 Å². The van der Waals surface area contributed by atoms with Gasteiger partial charge in [0.05, 0.1) is 0 Å². The summed E-state index contributed by atoms with van der Waals surface area (Å²) in [5.74, 6) is 0.443. The van der Waals surface area contributed by atoms with Crippen molar-refractivity contribution in [2.45, 2.75) is 52.6 Å². The summed E-state index contributed by atoms with van der Waals surface area (Å²) in [5, 5.41) is 9.68. The van der Waals surface area contributed by atoms with E-state index in [1.54, 1.807) is 6.92 Å². The number of rotatable bonds is 0. The summed E-state index contributed by atoms with van der Waals surface area (Å²) < 4.78 is 0. The van der Waals surface area contributed by atoms with Gasteiger partial charge >= 0.3 is 0 Å². The van der Waals surface area contributed by atoms with Crippen LogP contribution in [0.2, 0.25) is 0 Å². The molecule has 13 heavy (non-hydrogen) atoms. The highest BCUT2D eigenvalue weighted by atomic mass is 16.3. The molecular weight excluding hydrogens is 164 g/mol. The Morgan fingerprint density at radius 2 is 2.00 bits per heavy atom. The summed E-state index contributed by atoms with van der Waals surface area (Å²) in [7, 11) is 0. The highest BCUT2D eigenvalue weighted by molar-refractivity contribution is 5.87. The third-order valence-corrected chi connectivity index (χ3v) is 3.24. The van der Waals surface area contributed by atoms with Crippen molar-refractivity contribution in [1.29, 1.82) is 0 Å². The van der Waals surface area contributed by atoms with E-state index < -0.39 is 5.60 Å². The van der Waals surface area contributed by atoms with Gasteiger partial charge in [-0.05, 0) is 31.1 Å². The van der Waals surface area contributed by atoms with Crippen molar-refractivity contribution in [2.75, 3.05) is 0 Å². The molecule has 0 aromatic heterocycles. The van der Waals surface area contributed by atoms with E-state index in [9.17, 15) is 9.90 Å². The minimum absolute atomic E-state index is 0.0127. The Morgan fingerprint density at radius 3 is 2.38 bits per heavy atom. The van der Waals surface area contributed by atoms with Gasteiger partial charge in [0.1, 0.15) is 5.60 Å². The lowest BCUT2D eigenvalue weighted by Gasteiger charge is -2.38. The highest BCUT2D eigenvalue weighted by Crippen LogP contribution is 2.39. The van der Waals surface area contributed by atoms with Gasteiger partial charge in [0, 0.05) is 6.42 Å². The predicted molar refractivity (Wildman–Crippen MR) is 52.4 cm³/mol. The average Bonchev–Trinajstić information content (AvgIpc) is 1.92. The van der Waals surface area contributed by atoms with Crippen LogP contribution in [-0.2, 0) is 4.79 Å². The maximum Gasteiger partial charge on any atom is 0.164 e. The number of hydrogen-bond acceptors (Lipinski definition) is 2. The van der Waals surface area contributed by atoms with Gasteiger partial charge in [0.2, 0.25) is 0 Å². The Bertz CT molecular complexity index is 211. The molecule has 0 bridgehead atoms. The molecule has 0 spiro atoms. The first-order valence-corrected chi connectivity index (χ1v) is 4.99. The molecule has 1 N–H and O–H groups in total. The molecule has 0 amide bonds. The summed E-state index contributed by atoms with van der Waals surface area (Å²) in [6.45, 7) is 8.11. The molecule has 0 aromatic rings. The molecule has 0 aromatic carbocycles. The number of carbonyl (C=O) groups is 1. The van der Waals surface area contributed by atoms with Gasteiger partial charge in [-0.25, -0.2) is 0 Å². The van der Waals surface area contributed by atoms with E-state index >= 15 is 0 Å². The van der Waals surface area contributed by atoms with E-state index in [1.807, 2.05) is 0 Å². The van der Waals surface area contributed by atoms with Crippen LogP contribution in [0.3, 0.4) is 0 Å². The molecule has 0 radical (unpaired) electrons. The fraction of sp³-hybridized carbons (Fsp3) is 0.909. The van der Waals surface area contributed by atoms with Gasteiger partial charge < -0.3 is 5.11 Å². The van der Waals surface area contributed by atoms with Crippen molar-refractivity contribution in [3.05, 3.63) is 0 Å². The molecule has 2 atom stereocenters. The van der Waals surface area contributed by atoms with E-state index in [0.29, 0.717) is 18.8 Å². The molecule has 2 unspecified atom stereocenters. The quantitative estimate of drug-likeness (QED) is 0.626. The molecule has 2 nitrogen and oxygen atoms in total. The summed E-state index contributed by atoms with van der Waals surface area (Å²) >= 11 is 0. The molecule has 0 heterocycles. The Labute approximate surface area is 80.3 Å². The number of hydrogen-bond donors (Lipinski definition) is 1. The molecule has 76 valence electrons. The zero-order chi connectivity index (χ0) is 10.3. The van der Waals surface area contributed by atoms with Gasteiger partial charge in [-0.2, -0.15) is 0 Å². The van der Waals surface area contributed by atoms with E-state index in [-0.39, 0.29) is 11.2 Å². The smallest absolute Gasteiger partial charge is 0.164 e. The predicted octanol–water partition coefficient (Wildman–Crippen LogP) is 2.15. The number of ketones is 1. The normalized spacial score (nSPS) is 36.4. The van der Waals surface area contributed by atoms with Crippen molar-refractivity contribution in [3.63, 3.8) is 0 Å². The van der Waals surface area contributed by atoms with E-state index in [2.05, 4.69) is 20.8 Å². The third-order valence-electron chi connectivity index (χ3n) is 3.24. The van der Waals surface area contributed by atoms with Crippen molar-refractivity contribution in [3.8, 4) is 0 Å². The van der Waals surface area contributed by atoms with Gasteiger partial charge in [-0.3, -0.25) is 4.79 Å². The molecule has 0 aliphatic heterocycles. The van der Waals surface area contributed by atoms with Crippen molar-refractivity contribution in [1.82, 2.24) is 0 Å². The van der Waals surface area contributed by atoms with Crippen LogP contribution < -0.4 is 0 Å². The van der Waals surface area contributed by atoms with Gasteiger partial charge in [0.25, 0.3) is 0 Å². The minimum atomic E-state index is -1.05. The third kappa shape index (κ3) is 2.31. The summed E-state index contributed by atoms with van der Waals surface area (Å²) in [6.07, 6.45) is 2.12. The monoisotopic (exact) mass is 184 g/mol. The molecule has 1 aliphatic carbocycles. The molecule has 1 fully saturated rings. The zero-order valence-corrected chi connectivity index (χ0v) is 9.05. The number of carbonyl (C=O) groups excluding carboxylic acids is 1. The van der Waals surface area contributed by atoms with E-state index in [0.717, 1.165) is 6.42 Å². The number of Topliss-reactive ketones (excluding diaryl/α,β-unsaturated/α-hetero) is 1. The number of aliphatic hydroxyl groups is 1. The molecule has 1 aliphatic rings. The van der Waals surface area contributed by atoms with Crippen LogP contribution in [0.15, 0.2) is 0 Å². The van der Waals surface area contributed by atoms with Crippen LogP contribution >= 0.6 is 0 Å². The lowest BCUT2D eigenvalue weighted by atomic mass is 9.68. The first kappa shape index (κ1) is 10.7. The van der Waals surface area contributed by atoms with Gasteiger partial charge in [0.15, 0.2) is 5.78 Å². The van der Waals surface area contributed by atoms with Gasteiger partial charge in [-0.1, -0.05) is 20.8 Å². The topological polar surface area (TPSA) is 37.3 Å². The molecule has 1 rings (SSSR count). The Hall–Kier alpha value is -0.370. The Morgan fingerprint density at radius 1 is 1.46 bits per heavy atom. The average molecular weight is 184 g/mol. The highest BCUT2D eigenvalue weighted by Gasteiger charge is 2.40. The maximum absolute atomic E-state index is 11.5. The van der Waals surface area contributed by atoms with E-state index in [1.165, 1.54) is 0 Å². The standard InChI is InChI=1S/C11H20O2/c1-10(2,3)8-5-6-11(4,13)9(12)7-8/h8,13H,5-7H2,1-4H3. The second-order valence-corrected chi connectivity index (χ2v) is 5.50. The lowest BCUT2D eigenvalue weighted by Crippen LogP contribution is -2.43. The Balaban J connectivity index is 2.67. The lowest BCUT2D eigenvalue weighted by molar-refractivity contribution is -0.142. The fourth-order valence-corrected chi connectivity index (χ4v) is 1.88. The summed E-state index contributed by atoms with van der Waals surface area (Å²) in [5.41, 5.74) is -0.867. The second kappa shape index (κ2) is 3.09. The van der Waals surface area contributed by atoms with E-state index in [4.69, 9.17) is 0 Å². The first-order valence-electron chi connectivity index (χ1n) is 4.99. The summed E-state index contributed by atoms with van der Waals surface area (Å²) in [4.78, 5) is 11.5. The van der Waals surface area contributed by atoms with Crippen LogP contribution in [0.25, 0.3) is 0 Å². The molecule has 1 saturated carbocycles. The van der Waals surface area contributed by atoms with Crippen molar-refractivity contribution < 1.29 is 9.90 Å². The van der Waals surface area contributed by atoms with Crippen LogP contribution in [0.4, 0.5) is 0 Å². The van der Waals surface area contributed by atoms with Crippen LogP contribution in [-0.4, -0.2) is 16.5 Å². The van der Waals surface area contributed by atoms with Crippen LogP contribution in [0.5, 0.6) is 0 Å². The van der Waals surface area contributed by atoms with Crippen molar-refractivity contribution >= 4 is 5.78 Å². The zero-order valence-electron chi connectivity index (χ0n) is 9.05. The second-order valence-electron chi connectivity index (χ2n) is 5.50. The molecule has 2 heteroatoms. The fourth-order valence-electron chi connectivity index (χ4n) is 1.88. The minimum Gasteiger partial charge on any atom is -0.382 e.